The minimum atomic E-state index is -0.158. The van der Waals surface area contributed by atoms with Crippen LogP contribution in [0.3, 0.4) is 0 Å². The molecule has 0 bridgehead atoms. The van der Waals surface area contributed by atoms with E-state index in [1.165, 1.54) is 11.3 Å². The van der Waals surface area contributed by atoms with Crippen LogP contribution < -0.4 is 5.32 Å². The van der Waals surface area contributed by atoms with E-state index in [2.05, 4.69) is 31.2 Å². The maximum absolute atomic E-state index is 9.52. The fraction of sp³-hybridized carbons (Fsp3) is 0.769. The van der Waals surface area contributed by atoms with Crippen molar-refractivity contribution in [2.24, 2.45) is 7.05 Å². The molecule has 17 heavy (non-hydrogen) atoms. The van der Waals surface area contributed by atoms with E-state index in [1.54, 1.807) is 0 Å². The number of hydrogen-bond donors (Lipinski definition) is 2. The van der Waals surface area contributed by atoms with Gasteiger partial charge in [-0.2, -0.15) is 5.10 Å². The summed E-state index contributed by atoms with van der Waals surface area (Å²) in [6, 6.07) is 0. The van der Waals surface area contributed by atoms with E-state index in [1.807, 2.05) is 18.7 Å². The van der Waals surface area contributed by atoms with Crippen molar-refractivity contribution in [3.63, 3.8) is 0 Å². The average molecular weight is 239 g/mol. The quantitative estimate of drug-likeness (QED) is 0.794. The molecular formula is C13H25N3O. The van der Waals surface area contributed by atoms with Crippen molar-refractivity contribution < 1.29 is 5.11 Å². The maximum atomic E-state index is 9.52. The molecule has 1 aromatic heterocycles. The number of nitrogens with one attached hydrogen (secondary N) is 1. The summed E-state index contributed by atoms with van der Waals surface area (Å²) in [4.78, 5) is 0. The molecule has 0 fully saturated rings. The summed E-state index contributed by atoms with van der Waals surface area (Å²) in [6.07, 6.45) is 1.86. The van der Waals surface area contributed by atoms with Crippen LogP contribution in [-0.2, 0) is 13.6 Å². The van der Waals surface area contributed by atoms with E-state index >= 15 is 0 Å². The molecule has 0 radical (unpaired) electrons. The highest BCUT2D eigenvalue weighted by Crippen LogP contribution is 2.17. The van der Waals surface area contributed by atoms with Crippen LogP contribution >= 0.6 is 0 Å². The van der Waals surface area contributed by atoms with Crippen LogP contribution in [0.2, 0.25) is 0 Å². The van der Waals surface area contributed by atoms with Crippen LogP contribution in [0.15, 0.2) is 0 Å². The van der Waals surface area contributed by atoms with Crippen LogP contribution in [-0.4, -0.2) is 27.0 Å². The van der Waals surface area contributed by atoms with Gasteiger partial charge in [-0.05, 0) is 26.7 Å². The Kier molecular flexibility index (Phi) is 4.71. The third kappa shape index (κ3) is 2.87. The van der Waals surface area contributed by atoms with Gasteiger partial charge in [0.15, 0.2) is 0 Å². The standard InChI is InChI=1S/C13H25N3O/c1-6-13(7-2,9-17)14-8-12-10(3)15-16(5)11(12)4/h14,17H,6-9H2,1-5H3. The highest BCUT2D eigenvalue weighted by Gasteiger charge is 2.25. The number of aliphatic hydroxyl groups is 1. The SMILES string of the molecule is CCC(CC)(CO)NCc1c(C)nn(C)c1C. The predicted octanol–water partition coefficient (Wildman–Crippen LogP) is 1.68. The zero-order chi connectivity index (χ0) is 13.1. The average Bonchev–Trinajstić information content (AvgIpc) is 2.57. The fourth-order valence-corrected chi connectivity index (χ4v) is 2.13. The van der Waals surface area contributed by atoms with E-state index in [-0.39, 0.29) is 12.1 Å². The number of aliphatic hydroxyl groups excluding tert-OH is 1. The summed E-state index contributed by atoms with van der Waals surface area (Å²) in [7, 11) is 1.96. The summed E-state index contributed by atoms with van der Waals surface area (Å²) < 4.78 is 1.91. The molecule has 4 heteroatoms. The zero-order valence-corrected chi connectivity index (χ0v) is 11.7. The molecule has 0 saturated heterocycles. The lowest BCUT2D eigenvalue weighted by Crippen LogP contribution is -2.47. The second kappa shape index (κ2) is 5.65. The van der Waals surface area contributed by atoms with E-state index in [0.717, 1.165) is 25.1 Å². The van der Waals surface area contributed by atoms with E-state index in [0.29, 0.717) is 0 Å². The summed E-state index contributed by atoms with van der Waals surface area (Å²) in [5.74, 6) is 0. The van der Waals surface area contributed by atoms with Crippen LogP contribution in [0, 0.1) is 13.8 Å². The Morgan fingerprint density at radius 3 is 2.24 bits per heavy atom. The summed E-state index contributed by atoms with van der Waals surface area (Å²) in [5, 5.41) is 17.4. The van der Waals surface area contributed by atoms with Crippen LogP contribution in [0.1, 0.15) is 43.6 Å². The topological polar surface area (TPSA) is 50.1 Å². The second-order valence-corrected chi connectivity index (χ2v) is 4.77. The first-order valence-corrected chi connectivity index (χ1v) is 6.34. The van der Waals surface area contributed by atoms with Crippen LogP contribution in [0.4, 0.5) is 0 Å². The van der Waals surface area contributed by atoms with Crippen molar-refractivity contribution in [1.29, 1.82) is 0 Å². The molecule has 2 N–H and O–H groups in total. The third-order valence-electron chi connectivity index (χ3n) is 3.96. The Morgan fingerprint density at radius 2 is 1.88 bits per heavy atom. The molecule has 0 aromatic carbocycles. The first-order chi connectivity index (χ1) is 7.99. The molecule has 1 rings (SSSR count). The van der Waals surface area contributed by atoms with Crippen molar-refractivity contribution in [2.45, 2.75) is 52.6 Å². The molecular weight excluding hydrogens is 214 g/mol. The normalized spacial score (nSPS) is 12.1. The Morgan fingerprint density at radius 1 is 1.29 bits per heavy atom. The molecule has 1 heterocycles. The van der Waals surface area contributed by atoms with Gasteiger partial charge in [0, 0.05) is 30.4 Å². The minimum absolute atomic E-state index is 0.158. The summed E-state index contributed by atoms with van der Waals surface area (Å²) in [6.45, 7) is 9.27. The van der Waals surface area contributed by atoms with E-state index in [4.69, 9.17) is 0 Å². The Hall–Kier alpha value is -0.870. The van der Waals surface area contributed by atoms with Gasteiger partial charge in [-0.15, -0.1) is 0 Å². The van der Waals surface area contributed by atoms with Crippen LogP contribution in [0.25, 0.3) is 0 Å². The van der Waals surface area contributed by atoms with Gasteiger partial charge in [-0.25, -0.2) is 0 Å². The van der Waals surface area contributed by atoms with Gasteiger partial charge in [0.2, 0.25) is 0 Å². The number of aryl methyl sites for hydroxylation is 2. The van der Waals surface area contributed by atoms with Gasteiger partial charge in [0.25, 0.3) is 0 Å². The van der Waals surface area contributed by atoms with Gasteiger partial charge < -0.3 is 10.4 Å². The van der Waals surface area contributed by atoms with Crippen molar-refractivity contribution in [2.75, 3.05) is 6.61 Å². The molecule has 0 unspecified atom stereocenters. The molecule has 1 aromatic rings. The first kappa shape index (κ1) is 14.2. The van der Waals surface area contributed by atoms with E-state index in [9.17, 15) is 5.11 Å². The number of nitrogens with zero attached hydrogens (tertiary/aromatic N) is 2. The lowest BCUT2D eigenvalue weighted by molar-refractivity contribution is 0.149. The molecule has 0 saturated carbocycles. The molecule has 98 valence electrons. The molecule has 0 atom stereocenters. The van der Waals surface area contributed by atoms with Crippen molar-refractivity contribution in [3.8, 4) is 0 Å². The molecule has 0 amide bonds. The minimum Gasteiger partial charge on any atom is -0.394 e. The van der Waals surface area contributed by atoms with Crippen molar-refractivity contribution in [3.05, 3.63) is 17.0 Å². The van der Waals surface area contributed by atoms with Gasteiger partial charge in [0.05, 0.1) is 12.3 Å². The van der Waals surface area contributed by atoms with Gasteiger partial charge >= 0.3 is 0 Å². The summed E-state index contributed by atoms with van der Waals surface area (Å²) in [5.41, 5.74) is 3.34. The largest absolute Gasteiger partial charge is 0.394 e. The molecule has 0 aliphatic carbocycles. The predicted molar refractivity (Wildman–Crippen MR) is 69.9 cm³/mol. The highest BCUT2D eigenvalue weighted by molar-refractivity contribution is 5.24. The smallest absolute Gasteiger partial charge is 0.0641 e. The van der Waals surface area contributed by atoms with Gasteiger partial charge in [-0.1, -0.05) is 13.8 Å². The molecule has 0 spiro atoms. The molecule has 0 aliphatic heterocycles. The zero-order valence-electron chi connectivity index (χ0n) is 11.7. The van der Waals surface area contributed by atoms with Crippen LogP contribution in [0.5, 0.6) is 0 Å². The second-order valence-electron chi connectivity index (χ2n) is 4.77. The lowest BCUT2D eigenvalue weighted by Gasteiger charge is -2.31. The summed E-state index contributed by atoms with van der Waals surface area (Å²) >= 11 is 0. The van der Waals surface area contributed by atoms with Gasteiger partial charge in [0.1, 0.15) is 0 Å². The van der Waals surface area contributed by atoms with Crippen molar-refractivity contribution in [1.82, 2.24) is 15.1 Å². The monoisotopic (exact) mass is 239 g/mol. The van der Waals surface area contributed by atoms with Gasteiger partial charge in [-0.3, -0.25) is 4.68 Å². The number of hydrogen-bond acceptors (Lipinski definition) is 3. The Balaban J connectivity index is 2.79. The third-order valence-corrected chi connectivity index (χ3v) is 3.96. The first-order valence-electron chi connectivity index (χ1n) is 6.34. The van der Waals surface area contributed by atoms with Crippen molar-refractivity contribution >= 4 is 0 Å². The molecule has 4 nitrogen and oxygen atoms in total. The maximum Gasteiger partial charge on any atom is 0.0641 e. The fourth-order valence-electron chi connectivity index (χ4n) is 2.13. The molecule has 0 aliphatic rings. The number of aromatic nitrogens is 2. The lowest BCUT2D eigenvalue weighted by atomic mass is 9.93. The highest BCUT2D eigenvalue weighted by atomic mass is 16.3. The Bertz CT molecular complexity index is 359. The number of rotatable bonds is 6. The van der Waals surface area contributed by atoms with E-state index < -0.39 is 0 Å². The Labute approximate surface area is 104 Å².